The largest absolute Gasteiger partial charge is 0.439 e. The molecule has 0 unspecified atom stereocenters. The lowest BCUT2D eigenvalue weighted by Gasteiger charge is -2.41. The molecule has 5 nitrogen and oxygen atoms in total. The van der Waals surface area contributed by atoms with E-state index in [1.54, 1.807) is 12.3 Å². The molecule has 1 aromatic carbocycles. The Kier molecular flexibility index (Phi) is 5.16. The highest BCUT2D eigenvalue weighted by molar-refractivity contribution is 5.92. The van der Waals surface area contributed by atoms with Crippen molar-refractivity contribution in [2.24, 2.45) is 5.92 Å². The van der Waals surface area contributed by atoms with E-state index in [1.165, 1.54) is 19.3 Å². The summed E-state index contributed by atoms with van der Waals surface area (Å²) in [4.78, 5) is 19.4. The number of amides is 1. The fraction of sp³-hybridized carbons (Fsp3) is 0.429. The van der Waals surface area contributed by atoms with Crippen LogP contribution in [0.1, 0.15) is 32.1 Å². The van der Waals surface area contributed by atoms with Crippen LogP contribution in [0, 0.1) is 5.92 Å². The smallest absolute Gasteiger partial charge is 0.227 e. The van der Waals surface area contributed by atoms with Gasteiger partial charge >= 0.3 is 0 Å². The molecule has 0 radical (unpaired) electrons. The SMILES string of the molecule is O=C(Nc1ccc(Oc2ccccc2)nc1)C1CCN(C2CCC2)CC1. The van der Waals surface area contributed by atoms with Crippen LogP contribution in [0.25, 0.3) is 0 Å². The van der Waals surface area contributed by atoms with Gasteiger partial charge in [-0.15, -0.1) is 0 Å². The Balaban J connectivity index is 1.27. The molecule has 26 heavy (non-hydrogen) atoms. The lowest BCUT2D eigenvalue weighted by Crippen LogP contribution is -2.46. The number of aromatic nitrogens is 1. The van der Waals surface area contributed by atoms with Crippen molar-refractivity contribution in [2.75, 3.05) is 18.4 Å². The first kappa shape index (κ1) is 17.0. The maximum Gasteiger partial charge on any atom is 0.227 e. The van der Waals surface area contributed by atoms with Crippen molar-refractivity contribution in [2.45, 2.75) is 38.1 Å². The van der Waals surface area contributed by atoms with Crippen LogP contribution in [-0.4, -0.2) is 34.9 Å². The van der Waals surface area contributed by atoms with Gasteiger partial charge in [-0.1, -0.05) is 24.6 Å². The summed E-state index contributed by atoms with van der Waals surface area (Å²) < 4.78 is 5.68. The lowest BCUT2D eigenvalue weighted by molar-refractivity contribution is -0.121. The summed E-state index contributed by atoms with van der Waals surface area (Å²) in [7, 11) is 0. The molecule has 2 fully saturated rings. The minimum Gasteiger partial charge on any atom is -0.439 e. The van der Waals surface area contributed by atoms with Gasteiger partial charge in [0.1, 0.15) is 5.75 Å². The summed E-state index contributed by atoms with van der Waals surface area (Å²) >= 11 is 0. The van der Waals surface area contributed by atoms with Crippen molar-refractivity contribution < 1.29 is 9.53 Å². The molecule has 1 aliphatic carbocycles. The molecule has 0 atom stereocenters. The molecule has 136 valence electrons. The minimum absolute atomic E-state index is 0.103. The Labute approximate surface area is 154 Å². The van der Waals surface area contributed by atoms with Crippen molar-refractivity contribution in [3.8, 4) is 11.6 Å². The molecule has 2 aliphatic rings. The highest BCUT2D eigenvalue weighted by Gasteiger charge is 2.31. The van der Waals surface area contributed by atoms with E-state index >= 15 is 0 Å². The van der Waals surface area contributed by atoms with Crippen LogP contribution in [-0.2, 0) is 4.79 Å². The molecule has 1 N–H and O–H groups in total. The van der Waals surface area contributed by atoms with Crippen molar-refractivity contribution in [3.05, 3.63) is 48.7 Å². The van der Waals surface area contributed by atoms with Crippen LogP contribution < -0.4 is 10.1 Å². The van der Waals surface area contributed by atoms with E-state index in [-0.39, 0.29) is 11.8 Å². The summed E-state index contributed by atoms with van der Waals surface area (Å²) in [5.74, 6) is 1.47. The van der Waals surface area contributed by atoms with Gasteiger partial charge in [0.15, 0.2) is 0 Å². The number of carbonyl (C=O) groups excluding carboxylic acids is 1. The third kappa shape index (κ3) is 4.05. The number of nitrogens with zero attached hydrogens (tertiary/aromatic N) is 2. The molecular weight excluding hydrogens is 326 g/mol. The number of rotatable bonds is 5. The standard InChI is InChI=1S/C21H25N3O2/c25-21(16-11-13-24(14-12-16)18-5-4-6-18)23-17-9-10-20(22-15-17)26-19-7-2-1-3-8-19/h1-3,7-10,15-16,18H,4-6,11-14H2,(H,23,25). The third-order valence-corrected chi connectivity index (χ3v) is 5.46. The van der Waals surface area contributed by atoms with E-state index in [4.69, 9.17) is 4.74 Å². The van der Waals surface area contributed by atoms with Crippen molar-refractivity contribution >= 4 is 11.6 Å². The summed E-state index contributed by atoms with van der Waals surface area (Å²) in [6, 6.07) is 13.9. The maximum atomic E-state index is 12.5. The number of pyridine rings is 1. The zero-order valence-corrected chi connectivity index (χ0v) is 14.9. The van der Waals surface area contributed by atoms with Crippen LogP contribution >= 0.6 is 0 Å². The number of piperidine rings is 1. The summed E-state index contributed by atoms with van der Waals surface area (Å²) in [6.07, 6.45) is 7.58. The number of likely N-dealkylation sites (tertiary alicyclic amines) is 1. The molecule has 4 rings (SSSR count). The average Bonchev–Trinajstić information content (AvgIpc) is 2.63. The van der Waals surface area contributed by atoms with Crippen LogP contribution in [0.15, 0.2) is 48.7 Å². The van der Waals surface area contributed by atoms with E-state index in [0.29, 0.717) is 5.88 Å². The average molecular weight is 351 g/mol. The zero-order valence-electron chi connectivity index (χ0n) is 14.9. The third-order valence-electron chi connectivity index (χ3n) is 5.46. The molecule has 1 aliphatic heterocycles. The molecule has 0 spiro atoms. The van der Waals surface area contributed by atoms with Gasteiger partial charge in [0.25, 0.3) is 0 Å². The molecule has 1 aromatic heterocycles. The number of anilines is 1. The summed E-state index contributed by atoms with van der Waals surface area (Å²) in [5.41, 5.74) is 0.719. The van der Waals surface area contributed by atoms with Crippen LogP contribution in [0.3, 0.4) is 0 Å². The zero-order chi connectivity index (χ0) is 17.8. The van der Waals surface area contributed by atoms with Gasteiger partial charge in [-0.05, 0) is 57.0 Å². The van der Waals surface area contributed by atoms with E-state index in [9.17, 15) is 4.79 Å². The minimum atomic E-state index is 0.103. The molecule has 1 saturated carbocycles. The molecule has 2 aromatic rings. The van der Waals surface area contributed by atoms with Gasteiger partial charge in [-0.3, -0.25) is 4.79 Å². The normalized spacial score (nSPS) is 18.9. The van der Waals surface area contributed by atoms with E-state index in [1.807, 2.05) is 36.4 Å². The van der Waals surface area contributed by atoms with Gasteiger partial charge in [-0.25, -0.2) is 4.98 Å². The van der Waals surface area contributed by atoms with Gasteiger partial charge in [0.05, 0.1) is 11.9 Å². The Hall–Kier alpha value is -2.40. The first-order valence-corrected chi connectivity index (χ1v) is 9.52. The predicted octanol–water partition coefficient (Wildman–Crippen LogP) is 4.08. The van der Waals surface area contributed by atoms with E-state index in [2.05, 4.69) is 15.2 Å². The van der Waals surface area contributed by atoms with E-state index < -0.39 is 0 Å². The lowest BCUT2D eigenvalue weighted by atomic mass is 9.87. The maximum absolute atomic E-state index is 12.5. The predicted molar refractivity (Wildman–Crippen MR) is 101 cm³/mol. The van der Waals surface area contributed by atoms with Crippen LogP contribution in [0.2, 0.25) is 0 Å². The molecule has 0 bridgehead atoms. The second-order valence-corrected chi connectivity index (χ2v) is 7.18. The quantitative estimate of drug-likeness (QED) is 0.882. The van der Waals surface area contributed by atoms with Gasteiger partial charge in [0.2, 0.25) is 11.8 Å². The van der Waals surface area contributed by atoms with Crippen LogP contribution in [0.4, 0.5) is 5.69 Å². The summed E-state index contributed by atoms with van der Waals surface area (Å²) in [6.45, 7) is 2.09. The Bertz CT molecular complexity index is 721. The molecule has 1 saturated heterocycles. The molecule has 5 heteroatoms. The second kappa shape index (κ2) is 7.87. The number of para-hydroxylation sites is 1. The summed E-state index contributed by atoms with van der Waals surface area (Å²) in [5, 5.41) is 3.00. The number of carbonyl (C=O) groups is 1. The fourth-order valence-electron chi connectivity index (χ4n) is 3.65. The molecule has 1 amide bonds. The highest BCUT2D eigenvalue weighted by Crippen LogP contribution is 2.29. The fourth-order valence-corrected chi connectivity index (χ4v) is 3.65. The number of ether oxygens (including phenoxy) is 1. The first-order valence-electron chi connectivity index (χ1n) is 9.52. The monoisotopic (exact) mass is 351 g/mol. The Morgan fingerprint density at radius 1 is 1.04 bits per heavy atom. The first-order chi connectivity index (χ1) is 12.8. The number of benzene rings is 1. The van der Waals surface area contributed by atoms with Crippen molar-refractivity contribution in [3.63, 3.8) is 0 Å². The van der Waals surface area contributed by atoms with Crippen molar-refractivity contribution in [1.29, 1.82) is 0 Å². The topological polar surface area (TPSA) is 54.5 Å². The highest BCUT2D eigenvalue weighted by atomic mass is 16.5. The number of hydrogen-bond donors (Lipinski definition) is 1. The van der Waals surface area contributed by atoms with Crippen molar-refractivity contribution in [1.82, 2.24) is 9.88 Å². The number of hydrogen-bond acceptors (Lipinski definition) is 4. The van der Waals surface area contributed by atoms with Crippen LogP contribution in [0.5, 0.6) is 11.6 Å². The van der Waals surface area contributed by atoms with Gasteiger partial charge in [-0.2, -0.15) is 0 Å². The van der Waals surface area contributed by atoms with Gasteiger partial charge < -0.3 is 15.0 Å². The van der Waals surface area contributed by atoms with Gasteiger partial charge in [0, 0.05) is 18.0 Å². The molecular formula is C21H25N3O2. The molecule has 2 heterocycles. The van der Waals surface area contributed by atoms with E-state index in [0.717, 1.165) is 43.4 Å². The Morgan fingerprint density at radius 3 is 2.42 bits per heavy atom. The second-order valence-electron chi connectivity index (χ2n) is 7.18. The number of nitrogens with one attached hydrogen (secondary N) is 1. The Morgan fingerprint density at radius 2 is 1.81 bits per heavy atom.